The Morgan fingerprint density at radius 3 is 2.50 bits per heavy atom. The number of carbonyl (C=O) groups excluding carboxylic acids is 1. The summed E-state index contributed by atoms with van der Waals surface area (Å²) in [4.78, 5) is 17.8. The van der Waals surface area contributed by atoms with Crippen LogP contribution in [0, 0.1) is 0 Å². The first kappa shape index (κ1) is 24.1. The first-order valence-corrected chi connectivity index (χ1v) is 12.6. The van der Waals surface area contributed by atoms with E-state index in [1.165, 1.54) is 0 Å². The van der Waals surface area contributed by atoms with Crippen molar-refractivity contribution in [1.82, 2.24) is 4.98 Å². The maximum absolute atomic E-state index is 12.9. The van der Waals surface area contributed by atoms with Crippen LogP contribution in [0.1, 0.15) is 35.2 Å². The molecule has 7 heteroatoms. The summed E-state index contributed by atoms with van der Waals surface area (Å²) in [7, 11) is 0. The van der Waals surface area contributed by atoms with Gasteiger partial charge in [0.05, 0.1) is 18.2 Å². The van der Waals surface area contributed by atoms with Crippen LogP contribution >= 0.6 is 27.5 Å². The van der Waals surface area contributed by atoms with E-state index in [2.05, 4.69) is 15.9 Å². The van der Waals surface area contributed by atoms with Gasteiger partial charge in [-0.2, -0.15) is 0 Å². The highest BCUT2D eigenvalue weighted by Crippen LogP contribution is 2.45. The van der Waals surface area contributed by atoms with Crippen molar-refractivity contribution in [2.24, 2.45) is 5.73 Å². The third kappa shape index (κ3) is 4.74. The Bertz CT molecular complexity index is 1510. The van der Waals surface area contributed by atoms with Crippen molar-refractivity contribution >= 4 is 56.6 Å². The van der Waals surface area contributed by atoms with Crippen LogP contribution in [0.15, 0.2) is 88.7 Å². The molecule has 4 aromatic rings. The number of ether oxygens (including phenoxy) is 2. The zero-order chi connectivity index (χ0) is 25.2. The van der Waals surface area contributed by atoms with Crippen molar-refractivity contribution in [1.29, 1.82) is 0 Å². The maximum Gasteiger partial charge on any atom is 0.340 e. The summed E-state index contributed by atoms with van der Waals surface area (Å²) in [5.41, 5.74) is 10.8. The van der Waals surface area contributed by atoms with Gasteiger partial charge in [0.15, 0.2) is 5.75 Å². The molecule has 0 fully saturated rings. The Morgan fingerprint density at radius 2 is 1.78 bits per heavy atom. The van der Waals surface area contributed by atoms with Gasteiger partial charge in [-0.25, -0.2) is 9.78 Å². The van der Waals surface area contributed by atoms with Gasteiger partial charge in [0, 0.05) is 20.4 Å². The highest BCUT2D eigenvalue weighted by atomic mass is 79.9. The Kier molecular flexibility index (Phi) is 6.81. The molecule has 180 valence electrons. The molecule has 2 heterocycles. The van der Waals surface area contributed by atoms with E-state index in [-0.39, 0.29) is 18.1 Å². The Morgan fingerprint density at radius 1 is 1.06 bits per heavy atom. The van der Waals surface area contributed by atoms with E-state index < -0.39 is 11.9 Å². The molecule has 0 spiro atoms. The summed E-state index contributed by atoms with van der Waals surface area (Å²) in [6, 6.07) is 23.2. The molecular weight excluding hydrogens is 540 g/mol. The zero-order valence-corrected chi connectivity index (χ0v) is 21.7. The largest absolute Gasteiger partial charge is 0.462 e. The number of halogens is 2. The van der Waals surface area contributed by atoms with Gasteiger partial charge in [-0.3, -0.25) is 0 Å². The highest BCUT2D eigenvalue weighted by molar-refractivity contribution is 9.10. The minimum atomic E-state index is -0.499. The third-order valence-corrected chi connectivity index (χ3v) is 6.74. The molecule has 36 heavy (non-hydrogen) atoms. The normalized spacial score (nSPS) is 15.1. The Balaban J connectivity index is 1.63. The molecule has 0 saturated heterocycles. The molecule has 0 bridgehead atoms. The van der Waals surface area contributed by atoms with Crippen molar-refractivity contribution in [3.8, 4) is 5.75 Å². The highest BCUT2D eigenvalue weighted by Gasteiger charge is 2.36. The van der Waals surface area contributed by atoms with Gasteiger partial charge in [0.2, 0.25) is 5.88 Å². The van der Waals surface area contributed by atoms with E-state index in [9.17, 15) is 4.79 Å². The maximum atomic E-state index is 12.9. The molecule has 2 N–H and O–H groups in total. The van der Waals surface area contributed by atoms with Gasteiger partial charge in [-0.05, 0) is 54.5 Å². The second-order valence-corrected chi connectivity index (χ2v) is 9.61. The number of pyridine rings is 1. The molecule has 1 atom stereocenters. The molecule has 0 saturated carbocycles. The lowest BCUT2D eigenvalue weighted by Gasteiger charge is -2.29. The summed E-state index contributed by atoms with van der Waals surface area (Å²) < 4.78 is 12.3. The second-order valence-electron chi connectivity index (χ2n) is 8.26. The fourth-order valence-corrected chi connectivity index (χ4v) is 4.66. The molecule has 1 aliphatic heterocycles. The van der Waals surface area contributed by atoms with Crippen molar-refractivity contribution < 1.29 is 14.3 Å². The van der Waals surface area contributed by atoms with Crippen molar-refractivity contribution in [3.05, 3.63) is 116 Å². The van der Waals surface area contributed by atoms with Crippen LogP contribution in [0.25, 0.3) is 23.1 Å². The number of carbonyl (C=O) groups is 1. The molecule has 3 aromatic carbocycles. The molecule has 0 aliphatic carbocycles. The first-order valence-electron chi connectivity index (χ1n) is 11.4. The molecule has 1 unspecified atom stereocenters. The molecular formula is C29H22BrClN2O3. The van der Waals surface area contributed by atoms with Crippen LogP contribution < -0.4 is 10.5 Å². The number of nitrogens with zero attached hydrogens (tertiary/aromatic N) is 1. The quantitative estimate of drug-likeness (QED) is 0.264. The van der Waals surface area contributed by atoms with Gasteiger partial charge < -0.3 is 15.2 Å². The smallest absolute Gasteiger partial charge is 0.340 e. The minimum absolute atomic E-state index is 0.0188. The minimum Gasteiger partial charge on any atom is -0.462 e. The first-order chi connectivity index (χ1) is 17.4. The summed E-state index contributed by atoms with van der Waals surface area (Å²) in [6.45, 7) is 2.00. The lowest BCUT2D eigenvalue weighted by molar-refractivity contribution is -0.139. The summed E-state index contributed by atoms with van der Waals surface area (Å²) in [5.74, 6) is -0.403. The van der Waals surface area contributed by atoms with E-state index in [0.29, 0.717) is 16.3 Å². The van der Waals surface area contributed by atoms with Crippen LogP contribution in [0.4, 0.5) is 0 Å². The molecule has 5 rings (SSSR count). The van der Waals surface area contributed by atoms with Crippen LogP contribution in [-0.2, 0) is 9.53 Å². The van der Waals surface area contributed by atoms with Gasteiger partial charge in [-0.1, -0.05) is 76.1 Å². The second kappa shape index (κ2) is 10.2. The van der Waals surface area contributed by atoms with E-state index in [0.717, 1.165) is 32.2 Å². The zero-order valence-electron chi connectivity index (χ0n) is 19.4. The predicted molar refractivity (Wildman–Crippen MR) is 147 cm³/mol. The van der Waals surface area contributed by atoms with E-state index in [1.54, 1.807) is 6.92 Å². The van der Waals surface area contributed by atoms with Crippen LogP contribution in [0.5, 0.6) is 5.75 Å². The Labute approximate surface area is 222 Å². The van der Waals surface area contributed by atoms with Crippen molar-refractivity contribution in [2.45, 2.75) is 12.8 Å². The number of hydrogen-bond donors (Lipinski definition) is 1. The summed E-state index contributed by atoms with van der Waals surface area (Å²) >= 11 is 9.47. The number of esters is 1. The van der Waals surface area contributed by atoms with Gasteiger partial charge in [0.1, 0.15) is 11.1 Å². The number of hydrogen-bond acceptors (Lipinski definition) is 5. The van der Waals surface area contributed by atoms with Gasteiger partial charge >= 0.3 is 5.97 Å². The fraction of sp³-hybridized carbons (Fsp3) is 0.103. The topological polar surface area (TPSA) is 74.4 Å². The summed E-state index contributed by atoms with van der Waals surface area (Å²) in [5, 5.41) is 1.59. The number of rotatable bonds is 5. The molecule has 0 radical (unpaired) electrons. The van der Waals surface area contributed by atoms with Gasteiger partial charge in [-0.15, -0.1) is 0 Å². The average Bonchev–Trinajstić information content (AvgIpc) is 2.88. The SMILES string of the molecule is CCOC(=O)C1=C(N)Oc2c(ccc3ccc(/C=C/c4ccc(Cl)cc4)nc23)C1c1ccc(Br)cc1. The van der Waals surface area contributed by atoms with Crippen molar-refractivity contribution in [3.63, 3.8) is 0 Å². The molecule has 5 nitrogen and oxygen atoms in total. The van der Waals surface area contributed by atoms with Gasteiger partial charge in [0.25, 0.3) is 0 Å². The predicted octanol–water partition coefficient (Wildman–Crippen LogP) is 7.08. The Hall–Kier alpha value is -3.61. The van der Waals surface area contributed by atoms with E-state index in [1.807, 2.05) is 84.9 Å². The number of nitrogens with two attached hydrogens (primary N) is 1. The number of aromatic nitrogens is 1. The van der Waals surface area contributed by atoms with Crippen molar-refractivity contribution in [2.75, 3.05) is 6.61 Å². The molecule has 1 aliphatic rings. The molecule has 0 amide bonds. The number of benzene rings is 3. The van der Waals surface area contributed by atoms with E-state index >= 15 is 0 Å². The van der Waals surface area contributed by atoms with Crippen LogP contribution in [0.2, 0.25) is 5.02 Å². The summed E-state index contributed by atoms with van der Waals surface area (Å²) in [6.07, 6.45) is 3.90. The van der Waals surface area contributed by atoms with Crippen LogP contribution in [-0.4, -0.2) is 17.6 Å². The van der Waals surface area contributed by atoms with Crippen LogP contribution in [0.3, 0.4) is 0 Å². The lowest BCUT2D eigenvalue weighted by Crippen LogP contribution is -2.27. The average molecular weight is 562 g/mol. The number of fused-ring (bicyclic) bond motifs is 3. The molecule has 1 aromatic heterocycles. The fourth-order valence-electron chi connectivity index (χ4n) is 4.27. The third-order valence-electron chi connectivity index (χ3n) is 5.96. The van der Waals surface area contributed by atoms with E-state index in [4.69, 9.17) is 31.8 Å². The standard InChI is InChI=1S/C29H22BrClN2O3/c1-2-35-29(34)25-24(18-6-10-20(30)11-7-18)23-16-9-19-8-15-22(33-26(19)27(23)36-28(25)32)14-5-17-3-12-21(31)13-4-17/h3-16,24H,2,32H2,1H3/b14-5+. The lowest BCUT2D eigenvalue weighted by atomic mass is 9.82. The monoisotopic (exact) mass is 560 g/mol.